The molecule has 0 aliphatic carbocycles. The number of piperidine rings is 1. The zero-order valence-electron chi connectivity index (χ0n) is 13.6. The summed E-state index contributed by atoms with van der Waals surface area (Å²) in [5.74, 6) is 0.687. The molecule has 0 N–H and O–H groups in total. The highest BCUT2D eigenvalue weighted by molar-refractivity contribution is 5.79. The lowest BCUT2D eigenvalue weighted by atomic mass is 9.94. The molecule has 0 bridgehead atoms. The number of hydrogen-bond acceptors (Lipinski definition) is 3. The van der Waals surface area contributed by atoms with Crippen LogP contribution in [-0.2, 0) is 4.79 Å². The maximum atomic E-state index is 12.6. The summed E-state index contributed by atoms with van der Waals surface area (Å²) >= 11 is 0. The molecule has 116 valence electrons. The summed E-state index contributed by atoms with van der Waals surface area (Å²) in [6.45, 7) is 15.0. The van der Waals surface area contributed by atoms with Gasteiger partial charge in [-0.15, -0.1) is 0 Å². The first-order valence-electron chi connectivity index (χ1n) is 8.26. The SMILES string of the molecule is CC(C)N1CCC(C(=O)N2CCN(C(C)C)CC2)CC1. The minimum atomic E-state index is 0.274. The van der Waals surface area contributed by atoms with Crippen LogP contribution in [0.3, 0.4) is 0 Å². The van der Waals surface area contributed by atoms with Crippen LogP contribution in [0.1, 0.15) is 40.5 Å². The lowest BCUT2D eigenvalue weighted by Crippen LogP contribution is -2.53. The predicted octanol–water partition coefficient (Wildman–Crippen LogP) is 1.66. The summed E-state index contributed by atoms with van der Waals surface area (Å²) in [5, 5.41) is 0. The minimum Gasteiger partial charge on any atom is -0.340 e. The van der Waals surface area contributed by atoms with Crippen molar-refractivity contribution in [2.75, 3.05) is 39.3 Å². The van der Waals surface area contributed by atoms with E-state index < -0.39 is 0 Å². The second-order valence-electron chi connectivity index (χ2n) is 6.86. The van der Waals surface area contributed by atoms with Gasteiger partial charge in [0.15, 0.2) is 0 Å². The molecule has 2 heterocycles. The van der Waals surface area contributed by atoms with Crippen molar-refractivity contribution < 1.29 is 4.79 Å². The molecule has 0 aromatic carbocycles. The van der Waals surface area contributed by atoms with E-state index in [2.05, 4.69) is 42.4 Å². The lowest BCUT2D eigenvalue weighted by Gasteiger charge is -2.40. The first kappa shape index (κ1) is 15.8. The second kappa shape index (κ2) is 6.90. The Morgan fingerprint density at radius 2 is 1.25 bits per heavy atom. The molecule has 4 heteroatoms. The van der Waals surface area contributed by atoms with E-state index in [0.29, 0.717) is 18.0 Å². The van der Waals surface area contributed by atoms with Crippen LogP contribution in [0, 0.1) is 5.92 Å². The fraction of sp³-hybridized carbons (Fsp3) is 0.938. The average molecular weight is 281 g/mol. The van der Waals surface area contributed by atoms with Crippen molar-refractivity contribution >= 4 is 5.91 Å². The molecule has 0 aromatic rings. The zero-order chi connectivity index (χ0) is 14.7. The number of hydrogen-bond donors (Lipinski definition) is 0. The summed E-state index contributed by atoms with van der Waals surface area (Å²) in [6.07, 6.45) is 2.09. The van der Waals surface area contributed by atoms with Crippen LogP contribution in [0.5, 0.6) is 0 Å². The van der Waals surface area contributed by atoms with Crippen molar-refractivity contribution in [1.82, 2.24) is 14.7 Å². The number of amides is 1. The van der Waals surface area contributed by atoms with Gasteiger partial charge in [0, 0.05) is 44.2 Å². The Labute approximate surface area is 124 Å². The van der Waals surface area contributed by atoms with Gasteiger partial charge in [0.05, 0.1) is 0 Å². The molecule has 2 saturated heterocycles. The van der Waals surface area contributed by atoms with Crippen LogP contribution >= 0.6 is 0 Å². The number of piperazine rings is 1. The van der Waals surface area contributed by atoms with Gasteiger partial charge in [-0.05, 0) is 53.6 Å². The van der Waals surface area contributed by atoms with Crippen molar-refractivity contribution in [2.24, 2.45) is 5.92 Å². The number of nitrogens with zero attached hydrogens (tertiary/aromatic N) is 3. The maximum Gasteiger partial charge on any atom is 0.225 e. The molecule has 2 fully saturated rings. The number of rotatable bonds is 3. The van der Waals surface area contributed by atoms with Crippen molar-refractivity contribution in [2.45, 2.75) is 52.6 Å². The molecule has 4 nitrogen and oxygen atoms in total. The molecule has 0 radical (unpaired) electrons. The molecule has 2 aliphatic heterocycles. The zero-order valence-corrected chi connectivity index (χ0v) is 13.6. The van der Waals surface area contributed by atoms with E-state index in [1.54, 1.807) is 0 Å². The van der Waals surface area contributed by atoms with Crippen LogP contribution in [0.25, 0.3) is 0 Å². The van der Waals surface area contributed by atoms with Crippen LogP contribution < -0.4 is 0 Å². The van der Waals surface area contributed by atoms with Gasteiger partial charge in [-0.25, -0.2) is 0 Å². The van der Waals surface area contributed by atoms with Gasteiger partial charge in [0.1, 0.15) is 0 Å². The van der Waals surface area contributed by atoms with E-state index in [1.165, 1.54) is 0 Å². The summed E-state index contributed by atoms with van der Waals surface area (Å²) < 4.78 is 0. The Morgan fingerprint density at radius 1 is 0.800 bits per heavy atom. The second-order valence-corrected chi connectivity index (χ2v) is 6.86. The van der Waals surface area contributed by atoms with Gasteiger partial charge in [-0.1, -0.05) is 0 Å². The van der Waals surface area contributed by atoms with Gasteiger partial charge in [-0.2, -0.15) is 0 Å². The van der Waals surface area contributed by atoms with Crippen molar-refractivity contribution in [3.63, 3.8) is 0 Å². The molecular formula is C16H31N3O. The Bertz CT molecular complexity index is 284. The Balaban J connectivity index is 1.79. The van der Waals surface area contributed by atoms with Crippen LogP contribution in [0.4, 0.5) is 0 Å². The highest BCUT2D eigenvalue weighted by Gasteiger charge is 2.31. The first-order valence-corrected chi connectivity index (χ1v) is 8.26. The summed E-state index contributed by atoms with van der Waals surface area (Å²) in [6, 6.07) is 1.21. The van der Waals surface area contributed by atoms with Crippen LogP contribution in [0.2, 0.25) is 0 Å². The minimum absolute atomic E-state index is 0.274. The van der Waals surface area contributed by atoms with Crippen molar-refractivity contribution in [3.8, 4) is 0 Å². The average Bonchev–Trinajstić information content (AvgIpc) is 2.46. The predicted molar refractivity (Wildman–Crippen MR) is 82.7 cm³/mol. The summed E-state index contributed by atoms with van der Waals surface area (Å²) in [7, 11) is 0. The van der Waals surface area contributed by atoms with E-state index in [-0.39, 0.29) is 5.92 Å². The Hall–Kier alpha value is -0.610. The first-order chi connectivity index (χ1) is 9.49. The fourth-order valence-corrected chi connectivity index (χ4v) is 3.38. The topological polar surface area (TPSA) is 26.8 Å². The molecule has 0 atom stereocenters. The Morgan fingerprint density at radius 3 is 1.70 bits per heavy atom. The fourth-order valence-electron chi connectivity index (χ4n) is 3.38. The van der Waals surface area contributed by atoms with Crippen LogP contribution in [0.15, 0.2) is 0 Å². The van der Waals surface area contributed by atoms with E-state index in [4.69, 9.17) is 0 Å². The van der Waals surface area contributed by atoms with Gasteiger partial charge >= 0.3 is 0 Å². The number of carbonyl (C=O) groups excluding carboxylic acids is 1. The molecule has 0 unspecified atom stereocenters. The highest BCUT2D eigenvalue weighted by Crippen LogP contribution is 2.22. The van der Waals surface area contributed by atoms with Gasteiger partial charge in [-0.3, -0.25) is 9.69 Å². The Kier molecular flexibility index (Phi) is 5.44. The van der Waals surface area contributed by atoms with Crippen LogP contribution in [-0.4, -0.2) is 72.0 Å². The van der Waals surface area contributed by atoms with Gasteiger partial charge in [0.2, 0.25) is 5.91 Å². The quantitative estimate of drug-likeness (QED) is 0.787. The normalized spacial score (nSPS) is 23.8. The number of carbonyl (C=O) groups is 1. The van der Waals surface area contributed by atoms with Crippen molar-refractivity contribution in [3.05, 3.63) is 0 Å². The molecule has 1 amide bonds. The maximum absolute atomic E-state index is 12.6. The highest BCUT2D eigenvalue weighted by atomic mass is 16.2. The summed E-state index contributed by atoms with van der Waals surface area (Å²) in [5.41, 5.74) is 0. The summed E-state index contributed by atoms with van der Waals surface area (Å²) in [4.78, 5) is 19.7. The van der Waals surface area contributed by atoms with E-state index in [0.717, 1.165) is 52.1 Å². The third kappa shape index (κ3) is 3.73. The molecule has 0 saturated carbocycles. The molecule has 2 aliphatic rings. The largest absolute Gasteiger partial charge is 0.340 e. The van der Waals surface area contributed by atoms with E-state index in [1.807, 2.05) is 0 Å². The van der Waals surface area contributed by atoms with Gasteiger partial charge < -0.3 is 9.80 Å². The van der Waals surface area contributed by atoms with E-state index in [9.17, 15) is 4.79 Å². The van der Waals surface area contributed by atoms with Crippen molar-refractivity contribution in [1.29, 1.82) is 0 Å². The number of likely N-dealkylation sites (tertiary alicyclic amines) is 1. The molecule has 2 rings (SSSR count). The third-order valence-corrected chi connectivity index (χ3v) is 4.97. The van der Waals surface area contributed by atoms with Gasteiger partial charge in [0.25, 0.3) is 0 Å². The third-order valence-electron chi connectivity index (χ3n) is 4.97. The van der Waals surface area contributed by atoms with E-state index >= 15 is 0 Å². The molecular weight excluding hydrogens is 250 g/mol. The molecule has 0 spiro atoms. The smallest absolute Gasteiger partial charge is 0.225 e. The molecule has 20 heavy (non-hydrogen) atoms. The molecule has 0 aromatic heterocycles. The lowest BCUT2D eigenvalue weighted by molar-refractivity contribution is -0.139. The standard InChI is InChI=1S/C16H31N3O/c1-13(2)17-7-5-15(6-8-17)16(20)19-11-9-18(10-12-19)14(3)4/h13-15H,5-12H2,1-4H3. The monoisotopic (exact) mass is 281 g/mol.